The molecule has 1 saturated heterocycles. The van der Waals surface area contributed by atoms with Crippen LogP contribution in [-0.2, 0) is 4.79 Å². The number of likely N-dealkylation sites (tertiary alicyclic amines) is 1. The van der Waals surface area contributed by atoms with E-state index in [1.54, 1.807) is 0 Å². The van der Waals surface area contributed by atoms with E-state index in [1.165, 1.54) is 17.3 Å². The van der Waals surface area contributed by atoms with Gasteiger partial charge in [-0.2, -0.15) is 5.10 Å². The summed E-state index contributed by atoms with van der Waals surface area (Å²) in [5.74, 6) is -0.00965. The molecule has 0 radical (unpaired) electrons. The Balaban J connectivity index is 1.03. The van der Waals surface area contributed by atoms with Crippen LogP contribution in [0.5, 0.6) is 0 Å². The number of hydrogen-bond donors (Lipinski definition) is 2. The summed E-state index contributed by atoms with van der Waals surface area (Å²) < 4.78 is 0. The second kappa shape index (κ2) is 10.2. The van der Waals surface area contributed by atoms with Crippen LogP contribution in [0.1, 0.15) is 36.9 Å². The van der Waals surface area contributed by atoms with Crippen LogP contribution in [0.2, 0.25) is 5.02 Å². The number of aromatic amines is 1. The molecule has 3 heterocycles. The number of carbonyl (C=O) groups excluding carboxylic acids is 1. The van der Waals surface area contributed by atoms with E-state index < -0.39 is 0 Å². The van der Waals surface area contributed by atoms with Crippen molar-refractivity contribution in [1.29, 1.82) is 0 Å². The monoisotopic (exact) mass is 478 g/mol. The average molecular weight is 479 g/mol. The van der Waals surface area contributed by atoms with Gasteiger partial charge >= 0.3 is 0 Å². The number of hydrogen-bond acceptors (Lipinski definition) is 4. The predicted octanol–water partition coefficient (Wildman–Crippen LogP) is 5.74. The second-order valence-corrected chi connectivity index (χ2v) is 10.0. The molecule has 1 aromatic heterocycles. The van der Waals surface area contributed by atoms with Crippen molar-refractivity contribution >= 4 is 52.3 Å². The second-order valence-electron chi connectivity index (χ2n) is 8.53. The fourth-order valence-corrected chi connectivity index (χ4v) is 5.64. The maximum atomic E-state index is 12.7. The van der Waals surface area contributed by atoms with E-state index in [-0.39, 0.29) is 5.91 Å². The summed E-state index contributed by atoms with van der Waals surface area (Å²) in [4.78, 5) is 17.0. The van der Waals surface area contributed by atoms with Gasteiger partial charge < -0.3 is 10.2 Å². The molecule has 0 spiro atoms. The van der Waals surface area contributed by atoms with Crippen molar-refractivity contribution in [1.82, 2.24) is 20.4 Å². The molecule has 0 saturated carbocycles. The van der Waals surface area contributed by atoms with Crippen molar-refractivity contribution in [3.63, 3.8) is 0 Å². The van der Waals surface area contributed by atoms with Gasteiger partial charge in [0.05, 0.1) is 16.1 Å². The lowest BCUT2D eigenvalue weighted by molar-refractivity contribution is -0.116. The van der Waals surface area contributed by atoms with Gasteiger partial charge in [0, 0.05) is 34.9 Å². The standard InChI is InChI=1S/C26H27ClN4OS/c27-20-7-2-1-6-19(20)16-18-10-14-31(15-11-18)13-4-3-12-28-26(32)24-17-22-25-21(29-30-22)8-5-9-23(25)33-24/h1-2,5-9,16-17H,3-4,10-15H2,(H,28,32)(H,29,30). The molecule has 33 heavy (non-hydrogen) atoms. The fraction of sp³-hybridized carbons (Fsp3) is 0.308. The van der Waals surface area contributed by atoms with Gasteiger partial charge in [0.15, 0.2) is 0 Å². The Morgan fingerprint density at radius 3 is 2.85 bits per heavy atom. The zero-order valence-corrected chi connectivity index (χ0v) is 20.0. The van der Waals surface area contributed by atoms with E-state index >= 15 is 0 Å². The summed E-state index contributed by atoms with van der Waals surface area (Å²) >= 11 is 7.80. The molecule has 2 aliphatic rings. The molecule has 170 valence electrons. The lowest BCUT2D eigenvalue weighted by Crippen LogP contribution is -2.32. The number of nitrogens with zero attached hydrogens (tertiary/aromatic N) is 2. The summed E-state index contributed by atoms with van der Waals surface area (Å²) in [5, 5.41) is 12.4. The Labute approximate surface area is 203 Å². The van der Waals surface area contributed by atoms with Crippen molar-refractivity contribution in [2.24, 2.45) is 0 Å². The van der Waals surface area contributed by atoms with Crippen molar-refractivity contribution in [3.05, 3.63) is 69.2 Å². The Morgan fingerprint density at radius 1 is 1.15 bits per heavy atom. The number of nitrogens with one attached hydrogen (secondary N) is 2. The lowest BCUT2D eigenvalue weighted by atomic mass is 10.0. The van der Waals surface area contributed by atoms with Gasteiger partial charge in [-0.3, -0.25) is 9.89 Å². The Bertz CT molecular complexity index is 1220. The van der Waals surface area contributed by atoms with Crippen LogP contribution in [0.4, 0.5) is 0 Å². The average Bonchev–Trinajstić information content (AvgIpc) is 3.26. The number of piperidine rings is 1. The number of benzene rings is 2. The minimum absolute atomic E-state index is 0.00965. The highest BCUT2D eigenvalue weighted by Gasteiger charge is 2.21. The van der Waals surface area contributed by atoms with Crippen LogP contribution in [0.15, 0.2) is 57.8 Å². The zero-order chi connectivity index (χ0) is 22.6. The first kappa shape index (κ1) is 22.3. The molecule has 2 aromatic carbocycles. The molecule has 0 atom stereocenters. The van der Waals surface area contributed by atoms with Gasteiger partial charge in [0.2, 0.25) is 0 Å². The molecular formula is C26H27ClN4OS. The summed E-state index contributed by atoms with van der Waals surface area (Å²) in [6, 6.07) is 14.0. The molecule has 0 unspecified atom stereocenters. The third kappa shape index (κ3) is 5.18. The van der Waals surface area contributed by atoms with Crippen molar-refractivity contribution < 1.29 is 4.79 Å². The molecule has 2 aliphatic heterocycles. The van der Waals surface area contributed by atoms with Gasteiger partial charge in [0.25, 0.3) is 5.91 Å². The number of halogens is 1. The Hall–Kier alpha value is -2.54. The van der Waals surface area contributed by atoms with Crippen molar-refractivity contribution in [2.75, 3.05) is 26.2 Å². The molecule has 3 aromatic rings. The van der Waals surface area contributed by atoms with Gasteiger partial charge in [-0.05, 0) is 62.1 Å². The summed E-state index contributed by atoms with van der Waals surface area (Å²) in [5.41, 5.74) is 4.44. The van der Waals surface area contributed by atoms with E-state index in [0.717, 1.165) is 77.4 Å². The maximum Gasteiger partial charge on any atom is 0.258 e. The molecule has 2 N–H and O–H groups in total. The number of H-pyrrole nitrogens is 1. The highest BCUT2D eigenvalue weighted by Crippen LogP contribution is 2.39. The number of unbranched alkanes of at least 4 members (excludes halogenated alkanes) is 1. The SMILES string of the molecule is O=C(NCCCCN1CCC(=Cc2ccccc2Cl)CC1)C1=Cc2[nH]nc3cccc(c23)S1. The van der Waals surface area contributed by atoms with Crippen LogP contribution in [-0.4, -0.2) is 47.2 Å². The number of thioether (sulfide) groups is 1. The normalized spacial score (nSPS) is 16.0. The Morgan fingerprint density at radius 2 is 2.00 bits per heavy atom. The van der Waals surface area contributed by atoms with Crippen LogP contribution in [0.3, 0.4) is 0 Å². The first-order valence-electron chi connectivity index (χ1n) is 11.5. The lowest BCUT2D eigenvalue weighted by Gasteiger charge is -2.28. The summed E-state index contributed by atoms with van der Waals surface area (Å²) in [6.45, 7) is 3.95. The minimum Gasteiger partial charge on any atom is -0.352 e. The molecule has 5 nitrogen and oxygen atoms in total. The van der Waals surface area contributed by atoms with Crippen LogP contribution in [0, 0.1) is 0 Å². The quantitative estimate of drug-likeness (QED) is 0.425. The van der Waals surface area contributed by atoms with Gasteiger partial charge in [0.1, 0.15) is 0 Å². The van der Waals surface area contributed by atoms with Crippen LogP contribution in [0.25, 0.3) is 23.1 Å². The molecule has 0 aliphatic carbocycles. The first-order valence-corrected chi connectivity index (χ1v) is 12.7. The zero-order valence-electron chi connectivity index (χ0n) is 18.4. The van der Waals surface area contributed by atoms with E-state index in [1.807, 2.05) is 42.5 Å². The Kier molecular flexibility index (Phi) is 6.85. The predicted molar refractivity (Wildman–Crippen MR) is 137 cm³/mol. The molecule has 1 amide bonds. The van der Waals surface area contributed by atoms with Crippen LogP contribution >= 0.6 is 23.4 Å². The molecule has 5 rings (SSSR count). The van der Waals surface area contributed by atoms with E-state index in [9.17, 15) is 4.79 Å². The van der Waals surface area contributed by atoms with E-state index in [4.69, 9.17) is 11.6 Å². The van der Waals surface area contributed by atoms with Crippen LogP contribution < -0.4 is 5.32 Å². The third-order valence-corrected chi connectivity index (χ3v) is 7.67. The summed E-state index contributed by atoms with van der Waals surface area (Å²) in [7, 11) is 0. The highest BCUT2D eigenvalue weighted by molar-refractivity contribution is 8.04. The number of amides is 1. The topological polar surface area (TPSA) is 61.0 Å². The van der Waals surface area contributed by atoms with Gasteiger partial charge in [-0.25, -0.2) is 0 Å². The molecule has 7 heteroatoms. The van der Waals surface area contributed by atoms with E-state index in [2.05, 4.69) is 32.6 Å². The molecule has 0 bridgehead atoms. The summed E-state index contributed by atoms with van der Waals surface area (Å²) in [6.07, 6.45) is 8.41. The van der Waals surface area contributed by atoms with Gasteiger partial charge in [-0.15, -0.1) is 0 Å². The van der Waals surface area contributed by atoms with Crippen molar-refractivity contribution in [2.45, 2.75) is 30.6 Å². The van der Waals surface area contributed by atoms with Gasteiger partial charge in [-0.1, -0.05) is 59.3 Å². The minimum atomic E-state index is -0.00965. The maximum absolute atomic E-state index is 12.7. The molecular weight excluding hydrogens is 452 g/mol. The third-order valence-electron chi connectivity index (χ3n) is 6.24. The highest BCUT2D eigenvalue weighted by atomic mass is 35.5. The largest absolute Gasteiger partial charge is 0.352 e. The van der Waals surface area contributed by atoms with E-state index in [0.29, 0.717) is 11.4 Å². The van der Waals surface area contributed by atoms with Crippen molar-refractivity contribution in [3.8, 4) is 0 Å². The number of carbonyl (C=O) groups is 1. The first-order chi connectivity index (χ1) is 16.2. The fourth-order valence-electron chi connectivity index (χ4n) is 4.41. The number of aromatic nitrogens is 2. The molecule has 1 fully saturated rings. The number of rotatable bonds is 7. The smallest absolute Gasteiger partial charge is 0.258 e.